The van der Waals surface area contributed by atoms with E-state index in [1.165, 1.54) is 12.8 Å². The number of hydrogen-bond donors (Lipinski definition) is 1. The van der Waals surface area contributed by atoms with Crippen LogP contribution in [0, 0.1) is 31.6 Å². The minimum absolute atomic E-state index is 0.0281. The van der Waals surface area contributed by atoms with Gasteiger partial charge < -0.3 is 24.7 Å². The van der Waals surface area contributed by atoms with Crippen molar-refractivity contribution in [2.45, 2.75) is 86.0 Å². The molecule has 0 bridgehead atoms. The molecule has 0 aliphatic heterocycles. The first kappa shape index (κ1) is 50.0. The second-order valence-electron chi connectivity index (χ2n) is 19.2. The molecule has 2 amide bonds. The predicted octanol–water partition coefficient (Wildman–Crippen LogP) is 12.3. The van der Waals surface area contributed by atoms with Crippen molar-refractivity contribution in [3.05, 3.63) is 189 Å². The number of carbonyl (C=O) groups is 2. The van der Waals surface area contributed by atoms with Gasteiger partial charge in [0.15, 0.2) is 0 Å². The van der Waals surface area contributed by atoms with Crippen molar-refractivity contribution in [1.82, 2.24) is 38.9 Å². The Kier molecular flexibility index (Phi) is 16.1. The van der Waals surface area contributed by atoms with Crippen molar-refractivity contribution in [2.75, 3.05) is 19.6 Å². The van der Waals surface area contributed by atoms with Crippen molar-refractivity contribution in [1.29, 1.82) is 0 Å². The van der Waals surface area contributed by atoms with E-state index < -0.39 is 0 Å². The molecule has 4 aromatic carbocycles. The van der Waals surface area contributed by atoms with Gasteiger partial charge in [-0.15, -0.1) is 0 Å². The lowest BCUT2D eigenvalue weighted by molar-refractivity contribution is 0.0591. The van der Waals surface area contributed by atoms with Crippen molar-refractivity contribution in [3.8, 4) is 0 Å². The Hall–Kier alpha value is -6.40. The zero-order chi connectivity index (χ0) is 49.5. The van der Waals surface area contributed by atoms with Crippen LogP contribution in [0.15, 0.2) is 134 Å². The molecule has 8 aromatic rings. The number of carbonyl (C=O) groups excluding carboxylic acids is 2. The Morgan fingerprint density at radius 2 is 1.03 bits per heavy atom. The maximum atomic E-state index is 13.9. The first-order valence-corrected chi connectivity index (χ1v) is 25.1. The Balaban J connectivity index is 0.000000188. The molecule has 1 saturated carbocycles. The SMILES string of the molecule is Cc1ccc(C(=O)N(CC2CC2)[C@@H](c2nc3c(Cl)cncc3n2Cc2ccccc2)C(C)C)cc1.Cc1ccc(C(=O)N(CCCN)[C@@H](c2nc3c(Cl)cncc3n2Cc2ccccc2)C(C)C)cc1. The molecule has 0 radical (unpaired) electrons. The van der Waals surface area contributed by atoms with Gasteiger partial charge in [0.05, 0.1) is 45.6 Å². The normalized spacial score (nSPS) is 13.4. The topological polar surface area (TPSA) is 128 Å². The number of rotatable bonds is 17. The summed E-state index contributed by atoms with van der Waals surface area (Å²) in [6.07, 6.45) is 9.90. The fourth-order valence-corrected chi connectivity index (χ4v) is 9.60. The van der Waals surface area contributed by atoms with Crippen LogP contribution in [0.5, 0.6) is 0 Å². The van der Waals surface area contributed by atoms with Crippen LogP contribution >= 0.6 is 23.2 Å². The van der Waals surface area contributed by atoms with Gasteiger partial charge in [-0.3, -0.25) is 19.6 Å². The number of aryl methyl sites for hydroxylation is 2. The minimum atomic E-state index is -0.275. The number of pyridine rings is 2. The zero-order valence-electron chi connectivity index (χ0n) is 41.0. The van der Waals surface area contributed by atoms with Gasteiger partial charge in [0.1, 0.15) is 22.7 Å². The summed E-state index contributed by atoms with van der Waals surface area (Å²) in [5.41, 5.74) is 15.0. The summed E-state index contributed by atoms with van der Waals surface area (Å²) in [4.78, 5) is 50.5. The molecule has 4 heterocycles. The average molecular weight is 977 g/mol. The molecule has 0 unspecified atom stereocenters. The van der Waals surface area contributed by atoms with E-state index in [1.54, 1.807) is 18.6 Å². The molecule has 0 saturated heterocycles. The molecule has 70 heavy (non-hydrogen) atoms. The van der Waals surface area contributed by atoms with E-state index in [0.717, 1.165) is 57.0 Å². The summed E-state index contributed by atoms with van der Waals surface area (Å²) in [5.74, 6) is 2.48. The molecular formula is C57H63Cl2N9O2. The fraction of sp³-hybridized carbons (Fsp3) is 0.333. The van der Waals surface area contributed by atoms with Crippen molar-refractivity contribution in [2.24, 2.45) is 23.5 Å². The summed E-state index contributed by atoms with van der Waals surface area (Å²) >= 11 is 13.1. The lowest BCUT2D eigenvalue weighted by atomic mass is 9.99. The van der Waals surface area contributed by atoms with Crippen molar-refractivity contribution >= 4 is 57.1 Å². The quantitative estimate of drug-likeness (QED) is 0.0962. The third-order valence-corrected chi connectivity index (χ3v) is 13.6. The highest BCUT2D eigenvalue weighted by atomic mass is 35.5. The van der Waals surface area contributed by atoms with Crippen LogP contribution in [0.25, 0.3) is 22.1 Å². The molecule has 4 aromatic heterocycles. The lowest BCUT2D eigenvalue weighted by Gasteiger charge is -2.35. The van der Waals surface area contributed by atoms with E-state index >= 15 is 0 Å². The predicted molar refractivity (Wildman–Crippen MR) is 282 cm³/mol. The number of amides is 2. The van der Waals surface area contributed by atoms with Crippen LogP contribution in [-0.2, 0) is 13.1 Å². The first-order valence-electron chi connectivity index (χ1n) is 24.3. The van der Waals surface area contributed by atoms with Crippen LogP contribution < -0.4 is 5.73 Å². The molecule has 11 nitrogen and oxygen atoms in total. The Morgan fingerprint density at radius 3 is 1.43 bits per heavy atom. The number of benzene rings is 4. The van der Waals surface area contributed by atoms with E-state index in [2.05, 4.69) is 76.0 Å². The monoisotopic (exact) mass is 975 g/mol. The zero-order valence-corrected chi connectivity index (χ0v) is 42.5. The highest BCUT2D eigenvalue weighted by molar-refractivity contribution is 6.35. The summed E-state index contributed by atoms with van der Waals surface area (Å²) in [7, 11) is 0. The molecule has 13 heteroatoms. The van der Waals surface area contributed by atoms with E-state index in [0.29, 0.717) is 65.2 Å². The molecule has 0 spiro atoms. The van der Waals surface area contributed by atoms with Crippen LogP contribution in [0.1, 0.15) is 114 Å². The molecule has 362 valence electrons. The van der Waals surface area contributed by atoms with Crippen LogP contribution in [0.2, 0.25) is 10.0 Å². The van der Waals surface area contributed by atoms with Crippen molar-refractivity contribution < 1.29 is 9.59 Å². The number of fused-ring (bicyclic) bond motifs is 2. The minimum Gasteiger partial charge on any atom is -0.330 e. The number of nitrogens with zero attached hydrogens (tertiary/aromatic N) is 8. The Bertz CT molecular complexity index is 3020. The van der Waals surface area contributed by atoms with Gasteiger partial charge in [-0.05, 0) is 92.8 Å². The standard InChI is InChI=1S/C29H31ClN4O.C28H32ClN5O/c1-19(2)27(34(18-22-11-12-22)29(35)23-13-9-20(3)10-14-23)28-32-26-24(30)15-31-16-25(26)33(28)17-21-7-5-4-6-8-21;1-19(2)26(33(15-7-14-30)28(35)22-12-10-20(3)11-13-22)27-32-25-23(29)16-31-17-24(25)34(27)18-21-8-5-4-6-9-21/h4-10,13-16,19,22,27H,11-12,17-18H2,1-3H3;4-6,8-13,16-17,19,26H,7,14-15,18,30H2,1-3H3/t27-;26-/m11/s1. The highest BCUT2D eigenvalue weighted by Gasteiger charge is 2.37. The molecule has 2 N–H and O–H groups in total. The number of aromatic nitrogens is 6. The van der Waals surface area contributed by atoms with E-state index in [-0.39, 0.29) is 35.7 Å². The van der Waals surface area contributed by atoms with Gasteiger partial charge in [-0.25, -0.2) is 9.97 Å². The highest BCUT2D eigenvalue weighted by Crippen LogP contribution is 2.39. The van der Waals surface area contributed by atoms with Gasteiger partial charge >= 0.3 is 0 Å². The third kappa shape index (κ3) is 11.4. The summed E-state index contributed by atoms with van der Waals surface area (Å²) in [5, 5.41) is 1.02. The molecule has 2 atom stereocenters. The second-order valence-corrected chi connectivity index (χ2v) is 20.0. The number of nitrogens with two attached hydrogens (primary N) is 1. The number of halogens is 2. The van der Waals surface area contributed by atoms with Gasteiger partial charge in [0, 0.05) is 49.7 Å². The molecule has 1 fully saturated rings. The lowest BCUT2D eigenvalue weighted by Crippen LogP contribution is -2.40. The summed E-state index contributed by atoms with van der Waals surface area (Å²) in [6, 6.07) is 35.6. The van der Waals surface area contributed by atoms with Crippen LogP contribution in [0.4, 0.5) is 0 Å². The van der Waals surface area contributed by atoms with Crippen LogP contribution in [-0.4, -0.2) is 70.3 Å². The van der Waals surface area contributed by atoms with E-state index in [4.69, 9.17) is 38.9 Å². The Morgan fingerprint density at radius 1 is 0.614 bits per heavy atom. The second kappa shape index (κ2) is 22.6. The van der Waals surface area contributed by atoms with Gasteiger partial charge in [-0.1, -0.05) is 147 Å². The number of imidazole rings is 2. The number of hydrogen-bond acceptors (Lipinski definition) is 7. The maximum absolute atomic E-state index is 13.9. The van der Waals surface area contributed by atoms with Crippen molar-refractivity contribution in [3.63, 3.8) is 0 Å². The molecule has 1 aliphatic rings. The largest absolute Gasteiger partial charge is 0.330 e. The smallest absolute Gasteiger partial charge is 0.254 e. The van der Waals surface area contributed by atoms with Crippen LogP contribution in [0.3, 0.4) is 0 Å². The first-order chi connectivity index (χ1) is 33.8. The molecule has 1 aliphatic carbocycles. The Labute approximate surface area is 421 Å². The van der Waals surface area contributed by atoms with Gasteiger partial charge in [-0.2, -0.15) is 0 Å². The summed E-state index contributed by atoms with van der Waals surface area (Å²) in [6.45, 7) is 15.6. The maximum Gasteiger partial charge on any atom is 0.254 e. The van der Waals surface area contributed by atoms with E-state index in [9.17, 15) is 9.59 Å². The van der Waals surface area contributed by atoms with Gasteiger partial charge in [0.25, 0.3) is 11.8 Å². The summed E-state index contributed by atoms with van der Waals surface area (Å²) < 4.78 is 4.34. The molecular weight excluding hydrogens is 914 g/mol. The fourth-order valence-electron chi connectivity index (χ4n) is 9.21. The third-order valence-electron chi connectivity index (χ3n) is 13.0. The van der Waals surface area contributed by atoms with E-state index in [1.807, 2.05) is 110 Å². The average Bonchev–Trinajstić information content (AvgIpc) is 4.02. The molecule has 9 rings (SSSR count). The van der Waals surface area contributed by atoms with Gasteiger partial charge in [0.2, 0.25) is 0 Å².